The van der Waals surface area contributed by atoms with Gasteiger partial charge in [-0.3, -0.25) is 20.2 Å². The fraction of sp³-hybridized carbons (Fsp3) is 0. The second kappa shape index (κ2) is 6.68. The van der Waals surface area contributed by atoms with Crippen molar-refractivity contribution in [2.45, 2.75) is 0 Å². The molecule has 0 spiro atoms. The third kappa shape index (κ3) is 4.03. The van der Waals surface area contributed by atoms with Gasteiger partial charge in [0.1, 0.15) is 11.5 Å². The normalized spacial score (nSPS) is 10.2. The first kappa shape index (κ1) is 15.5. The molecule has 2 aromatic carbocycles. The molecule has 22 heavy (non-hydrogen) atoms. The van der Waals surface area contributed by atoms with E-state index >= 15 is 0 Å². The average molecular weight is 324 g/mol. The third-order valence-electron chi connectivity index (χ3n) is 2.50. The van der Waals surface area contributed by atoms with Gasteiger partial charge in [-0.25, -0.2) is 4.57 Å². The monoisotopic (exact) mass is 324 g/mol. The molecule has 0 atom stereocenters. The second-order valence-corrected chi connectivity index (χ2v) is 4.86. The first-order valence-corrected chi connectivity index (χ1v) is 7.07. The molecular formula is C12H9N2O7P. The highest BCUT2D eigenvalue weighted by Crippen LogP contribution is 2.31. The Hall–Kier alpha value is -2.93. The number of rotatable bonds is 6. The van der Waals surface area contributed by atoms with Crippen LogP contribution in [-0.2, 0) is 4.57 Å². The van der Waals surface area contributed by atoms with E-state index in [4.69, 9.17) is 9.05 Å². The Labute approximate surface area is 124 Å². The Morgan fingerprint density at radius 2 is 1.05 bits per heavy atom. The van der Waals surface area contributed by atoms with Gasteiger partial charge in [-0.2, -0.15) is 0 Å². The van der Waals surface area contributed by atoms with Crippen LogP contribution in [0.25, 0.3) is 0 Å². The molecule has 0 aromatic heterocycles. The van der Waals surface area contributed by atoms with Crippen molar-refractivity contribution in [2.75, 3.05) is 0 Å². The summed E-state index contributed by atoms with van der Waals surface area (Å²) in [7, 11) is -2.95. The zero-order valence-corrected chi connectivity index (χ0v) is 11.9. The van der Waals surface area contributed by atoms with E-state index in [1.54, 1.807) is 0 Å². The molecule has 0 radical (unpaired) electrons. The molecule has 10 heteroatoms. The molecule has 2 aromatic rings. The minimum atomic E-state index is -2.95. The molecule has 0 aliphatic heterocycles. The Kier molecular flexibility index (Phi) is 4.70. The summed E-state index contributed by atoms with van der Waals surface area (Å²) >= 11 is 0. The predicted octanol–water partition coefficient (Wildman–Crippen LogP) is 3.35. The van der Waals surface area contributed by atoms with E-state index < -0.39 is 18.1 Å². The fourth-order valence-corrected chi connectivity index (χ4v) is 2.18. The van der Waals surface area contributed by atoms with Crippen LogP contribution in [0.1, 0.15) is 0 Å². The topological polar surface area (TPSA) is 122 Å². The van der Waals surface area contributed by atoms with Gasteiger partial charge in [0.15, 0.2) is 0 Å². The zero-order chi connectivity index (χ0) is 16.1. The molecule has 0 amide bonds. The van der Waals surface area contributed by atoms with Gasteiger partial charge in [-0.15, -0.1) is 0 Å². The molecule has 0 fully saturated rings. The first-order valence-electron chi connectivity index (χ1n) is 5.84. The molecule has 0 saturated heterocycles. The Bertz CT molecular complexity index is 654. The standard InChI is InChI=1S/C12H9N2O7P/c15-13(16)9-1-5-11(6-2-9)20-22(19)21-12-7-3-10(4-8-12)14(17)18/h1-8,22H. The van der Waals surface area contributed by atoms with Gasteiger partial charge in [-0.05, 0) is 24.3 Å². The quantitative estimate of drug-likeness (QED) is 0.453. The van der Waals surface area contributed by atoms with Gasteiger partial charge in [-0.1, -0.05) is 0 Å². The number of benzene rings is 2. The highest BCUT2D eigenvalue weighted by atomic mass is 31.1. The molecule has 0 N–H and O–H groups in total. The summed E-state index contributed by atoms with van der Waals surface area (Å²) in [6.45, 7) is 0. The van der Waals surface area contributed by atoms with Gasteiger partial charge in [0.2, 0.25) is 0 Å². The van der Waals surface area contributed by atoms with Gasteiger partial charge >= 0.3 is 8.25 Å². The van der Waals surface area contributed by atoms with E-state index in [9.17, 15) is 24.8 Å². The smallest absolute Gasteiger partial charge is 0.418 e. The molecule has 9 nitrogen and oxygen atoms in total. The summed E-state index contributed by atoms with van der Waals surface area (Å²) in [5, 5.41) is 21.0. The van der Waals surface area contributed by atoms with E-state index in [0.29, 0.717) is 0 Å². The largest absolute Gasteiger partial charge is 0.418 e. The zero-order valence-electron chi connectivity index (χ0n) is 10.9. The van der Waals surface area contributed by atoms with Crippen molar-refractivity contribution in [3.8, 4) is 11.5 Å². The molecule has 0 bridgehead atoms. The van der Waals surface area contributed by atoms with E-state index in [1.807, 2.05) is 0 Å². The van der Waals surface area contributed by atoms with Crippen molar-refractivity contribution < 1.29 is 23.5 Å². The molecule has 0 aliphatic carbocycles. The van der Waals surface area contributed by atoms with E-state index in [2.05, 4.69) is 0 Å². The van der Waals surface area contributed by atoms with Crippen LogP contribution in [0.5, 0.6) is 11.5 Å². The number of hydrogen-bond donors (Lipinski definition) is 0. The average Bonchev–Trinajstić information content (AvgIpc) is 2.48. The number of nitro benzene ring substituents is 2. The molecule has 0 aliphatic rings. The van der Waals surface area contributed by atoms with Crippen molar-refractivity contribution >= 4 is 19.6 Å². The lowest BCUT2D eigenvalue weighted by Gasteiger charge is -2.07. The predicted molar refractivity (Wildman–Crippen MR) is 76.5 cm³/mol. The van der Waals surface area contributed by atoms with E-state index in [1.165, 1.54) is 48.5 Å². The van der Waals surface area contributed by atoms with E-state index in [0.717, 1.165) is 0 Å². The van der Waals surface area contributed by atoms with Crippen LogP contribution >= 0.6 is 8.25 Å². The summed E-state index contributed by atoms with van der Waals surface area (Å²) in [6.07, 6.45) is 0. The number of nitro groups is 2. The molecular weight excluding hydrogens is 315 g/mol. The molecule has 0 saturated carbocycles. The summed E-state index contributed by atoms with van der Waals surface area (Å²) in [6, 6.07) is 9.99. The van der Waals surface area contributed by atoms with Crippen molar-refractivity contribution in [3.05, 3.63) is 68.8 Å². The van der Waals surface area contributed by atoms with Crippen LogP contribution in [0.4, 0.5) is 11.4 Å². The maximum Gasteiger partial charge on any atom is 0.418 e. The van der Waals surface area contributed by atoms with Crippen LogP contribution in [-0.4, -0.2) is 9.85 Å². The molecule has 114 valence electrons. The first-order chi connectivity index (χ1) is 10.5. The summed E-state index contributed by atoms with van der Waals surface area (Å²) in [4.78, 5) is 19.8. The number of hydrogen-bond acceptors (Lipinski definition) is 7. The summed E-state index contributed by atoms with van der Waals surface area (Å²) in [5.41, 5.74) is -0.244. The highest BCUT2D eigenvalue weighted by Gasteiger charge is 2.09. The molecule has 0 heterocycles. The fourth-order valence-electron chi connectivity index (χ4n) is 1.49. The van der Waals surface area contributed by atoms with Gasteiger partial charge in [0.05, 0.1) is 9.85 Å². The number of non-ortho nitro benzene ring substituents is 2. The lowest BCUT2D eigenvalue weighted by molar-refractivity contribution is -0.385. The minimum Gasteiger partial charge on any atom is -0.418 e. The van der Waals surface area contributed by atoms with Crippen molar-refractivity contribution in [2.24, 2.45) is 0 Å². The van der Waals surface area contributed by atoms with Gasteiger partial charge < -0.3 is 9.05 Å². The SMILES string of the molecule is O=[N+]([O-])c1ccc(O[PH](=O)Oc2ccc([N+](=O)[O-])cc2)cc1. The summed E-state index contributed by atoms with van der Waals surface area (Å²) in [5.74, 6) is 0.299. The van der Waals surface area contributed by atoms with Crippen molar-refractivity contribution in [1.29, 1.82) is 0 Å². The molecule has 0 unspecified atom stereocenters. The van der Waals surface area contributed by atoms with Gasteiger partial charge in [0.25, 0.3) is 11.4 Å². The van der Waals surface area contributed by atoms with Crippen LogP contribution in [0, 0.1) is 20.2 Å². The maximum absolute atomic E-state index is 11.7. The Balaban J connectivity index is 1.97. The lowest BCUT2D eigenvalue weighted by Crippen LogP contribution is -1.91. The Morgan fingerprint density at radius 3 is 1.32 bits per heavy atom. The number of nitrogens with zero attached hydrogens (tertiary/aromatic N) is 2. The van der Waals surface area contributed by atoms with Gasteiger partial charge in [0, 0.05) is 24.3 Å². The van der Waals surface area contributed by atoms with Crippen LogP contribution < -0.4 is 9.05 Å². The minimum absolute atomic E-state index is 0.122. The van der Waals surface area contributed by atoms with E-state index in [-0.39, 0.29) is 22.9 Å². The van der Waals surface area contributed by atoms with Crippen LogP contribution in [0.15, 0.2) is 48.5 Å². The maximum atomic E-state index is 11.7. The lowest BCUT2D eigenvalue weighted by atomic mass is 10.3. The van der Waals surface area contributed by atoms with Crippen molar-refractivity contribution in [1.82, 2.24) is 0 Å². The third-order valence-corrected chi connectivity index (χ3v) is 3.30. The molecule has 2 rings (SSSR count). The van der Waals surface area contributed by atoms with Crippen molar-refractivity contribution in [3.63, 3.8) is 0 Å². The second-order valence-electron chi connectivity index (χ2n) is 3.96. The highest BCUT2D eigenvalue weighted by molar-refractivity contribution is 7.34. The summed E-state index contributed by atoms with van der Waals surface area (Å²) < 4.78 is 21.7. The Morgan fingerprint density at radius 1 is 0.727 bits per heavy atom. The van der Waals surface area contributed by atoms with Crippen LogP contribution in [0.3, 0.4) is 0 Å². The van der Waals surface area contributed by atoms with Crippen LogP contribution in [0.2, 0.25) is 0 Å².